The number of nitrogens with zero attached hydrogens (tertiary/aromatic N) is 1. The Morgan fingerprint density at radius 1 is 1.47 bits per heavy atom. The maximum absolute atomic E-state index is 5.67. The summed E-state index contributed by atoms with van der Waals surface area (Å²) in [7, 11) is 1.62. The summed E-state index contributed by atoms with van der Waals surface area (Å²) in [5.41, 5.74) is 4.10. The average Bonchev–Trinajstić information content (AvgIpc) is 2.48. The van der Waals surface area contributed by atoms with Gasteiger partial charge in [-0.1, -0.05) is 6.07 Å². The number of pyridine rings is 1. The molecule has 0 amide bonds. The van der Waals surface area contributed by atoms with Crippen LogP contribution in [0.2, 0.25) is 0 Å². The van der Waals surface area contributed by atoms with Crippen LogP contribution in [0.3, 0.4) is 0 Å². The summed E-state index contributed by atoms with van der Waals surface area (Å²) >= 11 is 0. The smallest absolute Gasteiger partial charge is 0.212 e. The molecule has 1 unspecified atom stereocenters. The molecule has 1 aromatic rings. The molecular weight excluding hydrogens is 242 g/mol. The maximum atomic E-state index is 5.67. The minimum absolute atomic E-state index is 0.290. The van der Waals surface area contributed by atoms with Gasteiger partial charge in [0, 0.05) is 31.5 Å². The molecule has 0 aliphatic carbocycles. The van der Waals surface area contributed by atoms with Gasteiger partial charge >= 0.3 is 0 Å². The fourth-order valence-electron chi connectivity index (χ4n) is 2.53. The molecular formula is C14H23N3O2. The predicted octanol–water partition coefficient (Wildman–Crippen LogP) is 1.28. The van der Waals surface area contributed by atoms with Crippen LogP contribution in [0, 0.1) is 5.92 Å². The summed E-state index contributed by atoms with van der Waals surface area (Å²) in [6.45, 7) is 1.76. The molecule has 1 aliphatic rings. The number of ether oxygens (including phenoxy) is 2. The van der Waals surface area contributed by atoms with E-state index < -0.39 is 0 Å². The molecule has 1 atom stereocenters. The van der Waals surface area contributed by atoms with Crippen LogP contribution in [0.4, 0.5) is 0 Å². The van der Waals surface area contributed by atoms with E-state index in [2.05, 4.69) is 10.4 Å². The number of aromatic nitrogens is 1. The lowest BCUT2D eigenvalue weighted by Gasteiger charge is -2.26. The Morgan fingerprint density at radius 3 is 2.84 bits per heavy atom. The predicted molar refractivity (Wildman–Crippen MR) is 73.8 cm³/mol. The Balaban J connectivity index is 1.86. The molecule has 1 saturated heterocycles. The summed E-state index contributed by atoms with van der Waals surface area (Å²) in [5.74, 6) is 7.02. The normalized spacial score (nSPS) is 18.2. The lowest BCUT2D eigenvalue weighted by atomic mass is 9.90. The maximum Gasteiger partial charge on any atom is 0.212 e. The van der Waals surface area contributed by atoms with Gasteiger partial charge in [0.1, 0.15) is 0 Å². The van der Waals surface area contributed by atoms with Crippen LogP contribution in [0.5, 0.6) is 5.88 Å². The summed E-state index contributed by atoms with van der Waals surface area (Å²) in [4.78, 5) is 4.22. The fraction of sp³-hybridized carbons (Fsp3) is 0.643. The first kappa shape index (κ1) is 14.2. The minimum Gasteiger partial charge on any atom is -0.481 e. The molecule has 106 valence electrons. The van der Waals surface area contributed by atoms with Crippen molar-refractivity contribution in [3.8, 4) is 5.88 Å². The van der Waals surface area contributed by atoms with Crippen molar-refractivity contribution in [3.05, 3.63) is 23.9 Å². The fourth-order valence-corrected chi connectivity index (χ4v) is 2.53. The molecule has 0 spiro atoms. The van der Waals surface area contributed by atoms with E-state index in [1.165, 1.54) is 5.56 Å². The first-order valence-electron chi connectivity index (χ1n) is 6.84. The van der Waals surface area contributed by atoms with Gasteiger partial charge in [0.15, 0.2) is 0 Å². The van der Waals surface area contributed by atoms with Gasteiger partial charge in [-0.25, -0.2) is 4.98 Å². The summed E-state index contributed by atoms with van der Waals surface area (Å²) in [6, 6.07) is 4.22. The van der Waals surface area contributed by atoms with Crippen molar-refractivity contribution in [1.29, 1.82) is 0 Å². The van der Waals surface area contributed by atoms with Crippen molar-refractivity contribution in [2.75, 3.05) is 20.3 Å². The van der Waals surface area contributed by atoms with Gasteiger partial charge in [-0.05, 0) is 37.2 Å². The molecule has 19 heavy (non-hydrogen) atoms. The van der Waals surface area contributed by atoms with Crippen LogP contribution in [0.25, 0.3) is 0 Å². The van der Waals surface area contributed by atoms with Gasteiger partial charge in [-0.2, -0.15) is 0 Å². The second-order valence-corrected chi connectivity index (χ2v) is 5.07. The van der Waals surface area contributed by atoms with Gasteiger partial charge in [0.05, 0.1) is 7.11 Å². The average molecular weight is 265 g/mol. The Hall–Kier alpha value is -1.17. The molecule has 5 heteroatoms. The highest BCUT2D eigenvalue weighted by atomic mass is 16.5. The molecule has 3 N–H and O–H groups in total. The van der Waals surface area contributed by atoms with Gasteiger partial charge in [-0.15, -0.1) is 0 Å². The Bertz CT molecular complexity index is 363. The van der Waals surface area contributed by atoms with Crippen molar-refractivity contribution in [1.82, 2.24) is 10.4 Å². The first-order valence-corrected chi connectivity index (χ1v) is 6.84. The lowest BCUT2D eigenvalue weighted by Crippen LogP contribution is -2.39. The summed E-state index contributed by atoms with van der Waals surface area (Å²) in [6.07, 6.45) is 6.11. The Labute approximate surface area is 114 Å². The van der Waals surface area contributed by atoms with E-state index in [-0.39, 0.29) is 0 Å². The van der Waals surface area contributed by atoms with Gasteiger partial charge in [0.2, 0.25) is 5.88 Å². The molecule has 0 aromatic carbocycles. The molecule has 1 fully saturated rings. The van der Waals surface area contributed by atoms with E-state index in [1.54, 1.807) is 7.11 Å². The highest BCUT2D eigenvalue weighted by molar-refractivity contribution is 5.18. The van der Waals surface area contributed by atoms with E-state index in [1.807, 2.05) is 18.3 Å². The van der Waals surface area contributed by atoms with Crippen LogP contribution >= 0.6 is 0 Å². The molecule has 0 radical (unpaired) electrons. The zero-order valence-corrected chi connectivity index (χ0v) is 11.5. The Morgan fingerprint density at radius 2 is 2.26 bits per heavy atom. The van der Waals surface area contributed by atoms with Crippen LogP contribution in [0.1, 0.15) is 24.8 Å². The first-order chi connectivity index (χ1) is 9.31. The molecule has 0 saturated carbocycles. The van der Waals surface area contributed by atoms with E-state index in [0.717, 1.165) is 38.9 Å². The largest absolute Gasteiger partial charge is 0.481 e. The standard InChI is InChI=1S/C14H23N3O2/c1-18-14-3-2-12(10-16-14)9-13(17-15)8-11-4-6-19-7-5-11/h2-3,10-11,13,17H,4-9,15H2,1H3. The number of nitrogens with one attached hydrogen (secondary N) is 1. The highest BCUT2D eigenvalue weighted by Crippen LogP contribution is 2.21. The van der Waals surface area contributed by atoms with Crippen LogP contribution in [-0.4, -0.2) is 31.3 Å². The van der Waals surface area contributed by atoms with E-state index in [4.69, 9.17) is 15.3 Å². The van der Waals surface area contributed by atoms with Crippen molar-refractivity contribution in [3.63, 3.8) is 0 Å². The van der Waals surface area contributed by atoms with Gasteiger partial charge in [-0.3, -0.25) is 11.3 Å². The molecule has 2 rings (SSSR count). The highest BCUT2D eigenvalue weighted by Gasteiger charge is 2.19. The number of hydrogen-bond donors (Lipinski definition) is 2. The number of methoxy groups -OCH3 is 1. The van der Waals surface area contributed by atoms with Crippen molar-refractivity contribution >= 4 is 0 Å². The third-order valence-corrected chi connectivity index (χ3v) is 3.68. The van der Waals surface area contributed by atoms with E-state index >= 15 is 0 Å². The van der Waals surface area contributed by atoms with Gasteiger partial charge in [0.25, 0.3) is 0 Å². The van der Waals surface area contributed by atoms with Crippen molar-refractivity contribution in [2.24, 2.45) is 11.8 Å². The van der Waals surface area contributed by atoms with Crippen molar-refractivity contribution in [2.45, 2.75) is 31.7 Å². The van der Waals surface area contributed by atoms with Crippen molar-refractivity contribution < 1.29 is 9.47 Å². The zero-order valence-electron chi connectivity index (χ0n) is 11.5. The third-order valence-electron chi connectivity index (χ3n) is 3.68. The van der Waals surface area contributed by atoms with Gasteiger partial charge < -0.3 is 9.47 Å². The Kier molecular flexibility index (Phi) is 5.57. The number of rotatable bonds is 6. The quantitative estimate of drug-likeness (QED) is 0.599. The minimum atomic E-state index is 0.290. The van der Waals surface area contributed by atoms with Crippen LogP contribution in [0.15, 0.2) is 18.3 Å². The monoisotopic (exact) mass is 265 g/mol. The number of hydrogen-bond acceptors (Lipinski definition) is 5. The number of nitrogens with two attached hydrogens (primary N) is 1. The SMILES string of the molecule is COc1ccc(CC(CC2CCOCC2)NN)cn1. The molecule has 2 heterocycles. The summed E-state index contributed by atoms with van der Waals surface area (Å²) < 4.78 is 10.4. The number of hydrazine groups is 1. The zero-order chi connectivity index (χ0) is 13.5. The lowest BCUT2D eigenvalue weighted by molar-refractivity contribution is 0.0605. The third kappa shape index (κ3) is 4.45. The molecule has 5 nitrogen and oxygen atoms in total. The van der Waals surface area contributed by atoms with Crippen LogP contribution < -0.4 is 16.0 Å². The second-order valence-electron chi connectivity index (χ2n) is 5.07. The molecule has 0 bridgehead atoms. The van der Waals surface area contributed by atoms with E-state index in [0.29, 0.717) is 17.8 Å². The summed E-state index contributed by atoms with van der Waals surface area (Å²) in [5, 5.41) is 0. The molecule has 1 aliphatic heterocycles. The van der Waals surface area contributed by atoms with E-state index in [9.17, 15) is 0 Å². The second kappa shape index (κ2) is 7.43. The van der Waals surface area contributed by atoms with Crippen LogP contribution in [-0.2, 0) is 11.2 Å². The topological polar surface area (TPSA) is 69.4 Å². The molecule has 1 aromatic heterocycles.